The number of hydrogen-bond acceptors (Lipinski definition) is 2. The van der Waals surface area contributed by atoms with Crippen molar-refractivity contribution >= 4 is 27.8 Å². The third-order valence-electron chi connectivity index (χ3n) is 7.72. The molecule has 0 radical (unpaired) electrons. The van der Waals surface area contributed by atoms with E-state index in [1.165, 1.54) is 16.5 Å². The number of benzene rings is 3. The Hall–Kier alpha value is -3.86. The Morgan fingerprint density at radius 2 is 1.70 bits per heavy atom. The number of imidazole rings is 1. The smallest absolute Gasteiger partial charge is 0.254 e. The van der Waals surface area contributed by atoms with Crippen LogP contribution in [0.25, 0.3) is 33.5 Å². The monoisotopic (exact) mass is 490 g/mol. The summed E-state index contributed by atoms with van der Waals surface area (Å²) in [5, 5.41) is 1.20. The number of fused-ring (bicyclic) bond motifs is 2. The van der Waals surface area contributed by atoms with Gasteiger partial charge in [-0.3, -0.25) is 4.79 Å². The number of rotatable bonds is 5. The Morgan fingerprint density at radius 3 is 2.43 bits per heavy atom. The predicted octanol–water partition coefficient (Wildman–Crippen LogP) is 7.16. The molecule has 188 valence electrons. The maximum atomic E-state index is 13.4. The summed E-state index contributed by atoms with van der Waals surface area (Å²) in [5.74, 6) is 1.59. The predicted molar refractivity (Wildman–Crippen MR) is 151 cm³/mol. The molecule has 5 nitrogen and oxygen atoms in total. The highest BCUT2D eigenvalue weighted by atomic mass is 16.2. The fourth-order valence-electron chi connectivity index (χ4n) is 6.02. The Balaban J connectivity index is 1.49. The molecule has 0 bridgehead atoms. The van der Waals surface area contributed by atoms with Crippen LogP contribution < -0.4 is 0 Å². The summed E-state index contributed by atoms with van der Waals surface area (Å²) in [5.41, 5.74) is 6.17. The standard InChI is InChI=1S/C32H34N4O/c1-21(2)36-29-15-14-26(32(37)34-19-22(3)16-23(34)4)17-27(29)33-31(36)30-18-25-12-8-9-13-28(25)35(30)20-24-10-6-5-7-11-24/h5-15,17-18,21-23H,16,19-20H2,1-4H3/t22?,23-/m0/s1. The van der Waals surface area contributed by atoms with E-state index in [4.69, 9.17) is 4.98 Å². The summed E-state index contributed by atoms with van der Waals surface area (Å²) in [4.78, 5) is 20.6. The number of carbonyl (C=O) groups excluding carboxylic acids is 1. The number of amides is 1. The van der Waals surface area contributed by atoms with E-state index in [2.05, 4.69) is 104 Å². The summed E-state index contributed by atoms with van der Waals surface area (Å²) in [6.07, 6.45) is 1.06. The summed E-state index contributed by atoms with van der Waals surface area (Å²) in [6.45, 7) is 10.3. The molecule has 1 aliphatic rings. The lowest BCUT2D eigenvalue weighted by Gasteiger charge is -2.21. The van der Waals surface area contributed by atoms with E-state index in [-0.39, 0.29) is 18.0 Å². The van der Waals surface area contributed by atoms with Crippen molar-refractivity contribution in [3.8, 4) is 11.5 Å². The van der Waals surface area contributed by atoms with Gasteiger partial charge in [0.2, 0.25) is 0 Å². The first-order chi connectivity index (χ1) is 17.9. The van der Waals surface area contributed by atoms with Gasteiger partial charge >= 0.3 is 0 Å². The number of likely N-dealkylation sites (tertiary alicyclic amines) is 1. The molecular weight excluding hydrogens is 456 g/mol. The maximum Gasteiger partial charge on any atom is 0.254 e. The van der Waals surface area contributed by atoms with Crippen molar-refractivity contribution in [1.29, 1.82) is 0 Å². The number of carbonyl (C=O) groups is 1. The molecule has 1 amide bonds. The zero-order chi connectivity index (χ0) is 25.7. The molecule has 1 unspecified atom stereocenters. The minimum atomic E-state index is 0.109. The fraction of sp³-hybridized carbons (Fsp3) is 0.312. The van der Waals surface area contributed by atoms with Crippen LogP contribution in [-0.4, -0.2) is 37.5 Å². The van der Waals surface area contributed by atoms with Gasteiger partial charge < -0.3 is 14.0 Å². The molecule has 37 heavy (non-hydrogen) atoms. The lowest BCUT2D eigenvalue weighted by atomic mass is 10.1. The zero-order valence-electron chi connectivity index (χ0n) is 22.1. The number of para-hydroxylation sites is 1. The van der Waals surface area contributed by atoms with Crippen LogP contribution in [0.5, 0.6) is 0 Å². The SMILES string of the molecule is CC1C[C@H](C)N(C(=O)c2ccc3c(c2)nc(-c2cc4ccccc4n2Cc2ccccc2)n3C(C)C)C1. The average molecular weight is 491 g/mol. The second-order valence-electron chi connectivity index (χ2n) is 10.9. The first-order valence-electron chi connectivity index (χ1n) is 13.4. The first-order valence-corrected chi connectivity index (χ1v) is 13.4. The topological polar surface area (TPSA) is 43.1 Å². The normalized spacial score (nSPS) is 17.9. The van der Waals surface area contributed by atoms with Gasteiger partial charge in [0.1, 0.15) is 0 Å². The van der Waals surface area contributed by atoms with E-state index in [0.717, 1.165) is 47.6 Å². The van der Waals surface area contributed by atoms with Crippen LogP contribution in [0.2, 0.25) is 0 Å². The fourth-order valence-corrected chi connectivity index (χ4v) is 6.02. The Morgan fingerprint density at radius 1 is 0.946 bits per heavy atom. The van der Waals surface area contributed by atoms with Gasteiger partial charge in [0, 0.05) is 41.6 Å². The Bertz CT molecular complexity index is 1590. The van der Waals surface area contributed by atoms with Crippen molar-refractivity contribution in [1.82, 2.24) is 19.0 Å². The van der Waals surface area contributed by atoms with Gasteiger partial charge in [-0.25, -0.2) is 4.98 Å². The van der Waals surface area contributed by atoms with E-state index in [1.54, 1.807) is 0 Å². The lowest BCUT2D eigenvalue weighted by molar-refractivity contribution is 0.0744. The summed E-state index contributed by atoms with van der Waals surface area (Å²) < 4.78 is 4.67. The minimum absolute atomic E-state index is 0.109. The molecule has 0 N–H and O–H groups in total. The highest BCUT2D eigenvalue weighted by molar-refractivity contribution is 5.98. The van der Waals surface area contributed by atoms with Crippen LogP contribution in [0.15, 0.2) is 78.9 Å². The van der Waals surface area contributed by atoms with Crippen molar-refractivity contribution in [3.63, 3.8) is 0 Å². The second kappa shape index (κ2) is 9.22. The van der Waals surface area contributed by atoms with Gasteiger partial charge in [-0.15, -0.1) is 0 Å². The molecule has 3 aromatic carbocycles. The molecule has 0 spiro atoms. The maximum absolute atomic E-state index is 13.4. The van der Waals surface area contributed by atoms with Crippen LogP contribution in [0.1, 0.15) is 56.1 Å². The highest BCUT2D eigenvalue weighted by Crippen LogP contribution is 2.34. The largest absolute Gasteiger partial charge is 0.336 e. The van der Waals surface area contributed by atoms with Gasteiger partial charge in [-0.1, -0.05) is 55.5 Å². The van der Waals surface area contributed by atoms with Gasteiger partial charge in [-0.05, 0) is 69.0 Å². The molecule has 6 rings (SSSR count). The average Bonchev–Trinajstić information content (AvgIpc) is 3.56. The highest BCUT2D eigenvalue weighted by Gasteiger charge is 2.31. The molecule has 0 aliphatic carbocycles. The van der Waals surface area contributed by atoms with Crippen molar-refractivity contribution in [2.24, 2.45) is 5.92 Å². The summed E-state index contributed by atoms with van der Waals surface area (Å²) in [6, 6.07) is 27.9. The molecule has 2 aromatic heterocycles. The minimum Gasteiger partial charge on any atom is -0.336 e. The number of nitrogens with zero attached hydrogens (tertiary/aromatic N) is 4. The van der Waals surface area contributed by atoms with Crippen LogP contribution in [-0.2, 0) is 6.54 Å². The van der Waals surface area contributed by atoms with Gasteiger partial charge in [0.25, 0.3) is 5.91 Å². The molecule has 0 saturated carbocycles. The Kier molecular flexibility index (Phi) is 5.86. The molecule has 1 aliphatic heterocycles. The second-order valence-corrected chi connectivity index (χ2v) is 10.9. The van der Waals surface area contributed by atoms with Gasteiger partial charge in [-0.2, -0.15) is 0 Å². The van der Waals surface area contributed by atoms with Crippen molar-refractivity contribution in [3.05, 3.63) is 90.0 Å². The van der Waals surface area contributed by atoms with Crippen molar-refractivity contribution < 1.29 is 4.79 Å². The molecule has 5 heteroatoms. The number of aromatic nitrogens is 3. The zero-order valence-corrected chi connectivity index (χ0v) is 22.1. The van der Waals surface area contributed by atoms with Gasteiger partial charge in [0.05, 0.1) is 16.7 Å². The molecular formula is C32H34N4O. The van der Waals surface area contributed by atoms with Crippen molar-refractivity contribution in [2.75, 3.05) is 6.54 Å². The third kappa shape index (κ3) is 4.12. The van der Waals surface area contributed by atoms with E-state index in [1.807, 2.05) is 17.0 Å². The van der Waals surface area contributed by atoms with E-state index < -0.39 is 0 Å². The molecule has 2 atom stereocenters. The molecule has 3 heterocycles. The lowest BCUT2D eigenvalue weighted by Crippen LogP contribution is -2.33. The van der Waals surface area contributed by atoms with Gasteiger partial charge in [0.15, 0.2) is 5.82 Å². The summed E-state index contributed by atoms with van der Waals surface area (Å²) in [7, 11) is 0. The Labute approximate surface area is 218 Å². The van der Waals surface area contributed by atoms with Crippen LogP contribution in [0.3, 0.4) is 0 Å². The van der Waals surface area contributed by atoms with Crippen LogP contribution in [0, 0.1) is 5.92 Å². The molecule has 5 aromatic rings. The first kappa shape index (κ1) is 23.5. The summed E-state index contributed by atoms with van der Waals surface area (Å²) >= 11 is 0. The van der Waals surface area contributed by atoms with E-state index in [9.17, 15) is 4.79 Å². The quantitative estimate of drug-likeness (QED) is 0.262. The van der Waals surface area contributed by atoms with Crippen LogP contribution >= 0.6 is 0 Å². The third-order valence-corrected chi connectivity index (χ3v) is 7.72. The number of hydrogen-bond donors (Lipinski definition) is 0. The van der Waals surface area contributed by atoms with Crippen LogP contribution in [0.4, 0.5) is 0 Å². The van der Waals surface area contributed by atoms with E-state index in [0.29, 0.717) is 5.92 Å². The van der Waals surface area contributed by atoms with E-state index >= 15 is 0 Å². The molecule has 1 saturated heterocycles. The van der Waals surface area contributed by atoms with Crippen molar-refractivity contribution in [2.45, 2.75) is 52.7 Å². The molecule has 1 fully saturated rings.